The number of carbonyl (C=O) groups is 2. The first-order valence-electron chi connectivity index (χ1n) is 8.85. The molecule has 0 saturated heterocycles. The summed E-state index contributed by atoms with van der Waals surface area (Å²) in [6.45, 7) is 3.14. The van der Waals surface area contributed by atoms with E-state index in [4.69, 9.17) is 4.74 Å². The van der Waals surface area contributed by atoms with Gasteiger partial charge >= 0.3 is 12.1 Å². The summed E-state index contributed by atoms with van der Waals surface area (Å²) in [6, 6.07) is 0. The molecule has 3 rings (SSSR count). The zero-order chi connectivity index (χ0) is 21.5. The normalized spacial score (nSPS) is 16.4. The fraction of sp³-hybridized carbons (Fsp3) is 0.500. The fourth-order valence-corrected chi connectivity index (χ4v) is 5.24. The summed E-state index contributed by atoms with van der Waals surface area (Å²) in [5, 5.41) is 6.53. The number of carbonyl (C=O) groups excluding carboxylic acids is 2. The van der Waals surface area contributed by atoms with Gasteiger partial charge < -0.3 is 10.1 Å². The number of amides is 1. The van der Waals surface area contributed by atoms with Gasteiger partial charge in [0.25, 0.3) is 0 Å². The minimum atomic E-state index is -4.63. The Morgan fingerprint density at radius 3 is 2.69 bits per heavy atom. The Bertz CT molecular complexity index is 968. The van der Waals surface area contributed by atoms with Crippen LogP contribution in [0.25, 0.3) is 0 Å². The van der Waals surface area contributed by atoms with Gasteiger partial charge in [0.2, 0.25) is 5.91 Å². The van der Waals surface area contributed by atoms with E-state index in [-0.39, 0.29) is 10.2 Å². The molecule has 29 heavy (non-hydrogen) atoms. The molecule has 1 aliphatic carbocycles. The molecule has 0 bridgehead atoms. The van der Waals surface area contributed by atoms with Gasteiger partial charge in [-0.05, 0) is 53.6 Å². The lowest BCUT2D eigenvalue weighted by molar-refractivity contribution is -0.142. The van der Waals surface area contributed by atoms with Crippen LogP contribution < -0.4 is 5.32 Å². The molecule has 0 saturated carbocycles. The quantitative estimate of drug-likeness (QED) is 0.632. The Balaban J connectivity index is 1.86. The lowest BCUT2D eigenvalue weighted by Crippen LogP contribution is -2.21. The van der Waals surface area contributed by atoms with E-state index >= 15 is 0 Å². The molecular weight excluding hydrogens is 475 g/mol. The molecule has 1 aliphatic rings. The molecule has 0 radical (unpaired) electrons. The second-order valence-corrected chi connectivity index (χ2v) is 8.90. The second kappa shape index (κ2) is 8.10. The van der Waals surface area contributed by atoms with Crippen LogP contribution in [0.5, 0.6) is 0 Å². The minimum Gasteiger partial charge on any atom is -0.465 e. The number of methoxy groups -OCH3 is 1. The van der Waals surface area contributed by atoms with Gasteiger partial charge in [0.1, 0.15) is 11.5 Å². The van der Waals surface area contributed by atoms with Crippen LogP contribution in [-0.2, 0) is 35.1 Å². The average molecular weight is 494 g/mol. The van der Waals surface area contributed by atoms with E-state index < -0.39 is 30.3 Å². The summed E-state index contributed by atoms with van der Waals surface area (Å²) in [5.74, 6) is -0.640. The minimum absolute atomic E-state index is 0.181. The number of aromatic nitrogens is 2. The zero-order valence-corrected chi connectivity index (χ0v) is 18.3. The highest BCUT2D eigenvalue weighted by atomic mass is 79.9. The van der Waals surface area contributed by atoms with E-state index in [1.54, 1.807) is 0 Å². The van der Waals surface area contributed by atoms with Crippen LogP contribution in [0.15, 0.2) is 4.47 Å². The van der Waals surface area contributed by atoms with E-state index in [0.29, 0.717) is 22.9 Å². The van der Waals surface area contributed by atoms with Crippen LogP contribution in [0, 0.1) is 12.8 Å². The molecule has 2 aromatic rings. The molecule has 6 nitrogen and oxygen atoms in total. The highest BCUT2D eigenvalue weighted by molar-refractivity contribution is 9.10. The van der Waals surface area contributed by atoms with Crippen molar-refractivity contribution in [3.05, 3.63) is 31.9 Å². The van der Waals surface area contributed by atoms with Crippen molar-refractivity contribution in [3.8, 4) is 0 Å². The number of ether oxygens (including phenoxy) is 1. The maximum absolute atomic E-state index is 13.0. The molecule has 1 amide bonds. The lowest BCUT2D eigenvalue weighted by Gasteiger charge is -2.18. The van der Waals surface area contributed by atoms with Crippen molar-refractivity contribution >= 4 is 44.1 Å². The van der Waals surface area contributed by atoms with Crippen molar-refractivity contribution in [3.63, 3.8) is 0 Å². The number of nitrogens with zero attached hydrogens (tertiary/aromatic N) is 2. The number of thiophene rings is 1. The lowest BCUT2D eigenvalue weighted by atomic mass is 9.88. The zero-order valence-electron chi connectivity index (χ0n) is 15.9. The first kappa shape index (κ1) is 21.8. The van der Waals surface area contributed by atoms with Crippen LogP contribution in [-0.4, -0.2) is 28.8 Å². The fourth-order valence-electron chi connectivity index (χ4n) is 3.32. The molecule has 0 spiro atoms. The van der Waals surface area contributed by atoms with Crippen LogP contribution in [0.4, 0.5) is 18.2 Å². The van der Waals surface area contributed by atoms with Crippen molar-refractivity contribution in [2.24, 2.45) is 5.92 Å². The van der Waals surface area contributed by atoms with Crippen LogP contribution >= 0.6 is 27.3 Å². The Morgan fingerprint density at radius 2 is 2.10 bits per heavy atom. The Hall–Kier alpha value is -1.88. The van der Waals surface area contributed by atoms with Gasteiger partial charge in [-0.1, -0.05) is 6.92 Å². The number of anilines is 1. The maximum Gasteiger partial charge on any atom is 0.436 e. The van der Waals surface area contributed by atoms with E-state index in [0.717, 1.165) is 28.0 Å². The predicted octanol–water partition coefficient (Wildman–Crippen LogP) is 4.58. The van der Waals surface area contributed by atoms with Gasteiger partial charge in [0.15, 0.2) is 5.69 Å². The topological polar surface area (TPSA) is 73.2 Å². The second-order valence-electron chi connectivity index (χ2n) is 7.00. The summed E-state index contributed by atoms with van der Waals surface area (Å²) in [7, 11) is 1.27. The van der Waals surface area contributed by atoms with Gasteiger partial charge in [-0.3, -0.25) is 9.48 Å². The molecule has 11 heteroatoms. The van der Waals surface area contributed by atoms with Crippen LogP contribution in [0.2, 0.25) is 0 Å². The van der Waals surface area contributed by atoms with Gasteiger partial charge in [0.05, 0.1) is 22.8 Å². The Kier molecular flexibility index (Phi) is 6.09. The van der Waals surface area contributed by atoms with Crippen molar-refractivity contribution < 1.29 is 27.5 Å². The summed E-state index contributed by atoms with van der Waals surface area (Å²) < 4.78 is 44.7. The number of hydrogen-bond acceptors (Lipinski definition) is 5. The van der Waals surface area contributed by atoms with E-state index in [1.807, 2.05) is 0 Å². The van der Waals surface area contributed by atoms with E-state index in [2.05, 4.69) is 33.3 Å². The van der Waals surface area contributed by atoms with Crippen molar-refractivity contribution in [1.82, 2.24) is 9.78 Å². The molecule has 2 aromatic heterocycles. The number of nitrogens with one attached hydrogen (secondary N) is 1. The molecule has 2 heterocycles. The Labute approximate surface area is 177 Å². The highest BCUT2D eigenvalue weighted by Crippen LogP contribution is 2.40. The summed E-state index contributed by atoms with van der Waals surface area (Å²) in [5.41, 5.74) is 0.313. The number of alkyl halides is 3. The third-order valence-electron chi connectivity index (χ3n) is 4.85. The highest BCUT2D eigenvalue weighted by Gasteiger charge is 2.38. The van der Waals surface area contributed by atoms with Gasteiger partial charge in [-0.25, -0.2) is 4.79 Å². The average Bonchev–Trinajstić information content (AvgIpc) is 3.12. The van der Waals surface area contributed by atoms with Crippen LogP contribution in [0.3, 0.4) is 0 Å². The molecule has 1 N–H and O–H groups in total. The molecule has 0 fully saturated rings. The Morgan fingerprint density at radius 1 is 1.41 bits per heavy atom. The predicted molar refractivity (Wildman–Crippen MR) is 105 cm³/mol. The first-order chi connectivity index (χ1) is 13.5. The largest absolute Gasteiger partial charge is 0.465 e. The van der Waals surface area contributed by atoms with E-state index in [9.17, 15) is 22.8 Å². The van der Waals surface area contributed by atoms with Gasteiger partial charge in [-0.2, -0.15) is 18.3 Å². The number of halogens is 4. The molecule has 158 valence electrons. The number of hydrogen-bond donors (Lipinski definition) is 1. The molecule has 1 atom stereocenters. The molecule has 1 unspecified atom stereocenters. The van der Waals surface area contributed by atoms with Gasteiger partial charge in [-0.15, -0.1) is 11.3 Å². The van der Waals surface area contributed by atoms with Crippen molar-refractivity contribution in [2.45, 2.75) is 45.8 Å². The number of esters is 1. The number of fused-ring (bicyclic) bond motifs is 1. The van der Waals surface area contributed by atoms with E-state index in [1.165, 1.54) is 25.4 Å². The van der Waals surface area contributed by atoms with Crippen molar-refractivity contribution in [1.29, 1.82) is 0 Å². The molecular formula is C18H19BrF3N3O3S. The maximum atomic E-state index is 13.0. The summed E-state index contributed by atoms with van der Waals surface area (Å²) in [4.78, 5) is 25.8. The summed E-state index contributed by atoms with van der Waals surface area (Å²) in [6.07, 6.45) is -2.18. The van der Waals surface area contributed by atoms with Crippen LogP contribution in [0.1, 0.15) is 45.5 Å². The SMILES string of the molecule is COC(=O)c1c(NC(=O)Cn2nc(C(F)(F)F)c(Br)c2C)sc2c1CCC(C)C2. The monoisotopic (exact) mass is 493 g/mol. The van der Waals surface area contributed by atoms with Gasteiger partial charge in [0, 0.05) is 4.88 Å². The standard InChI is InChI=1S/C18H19BrF3N3O3S/c1-8-4-5-10-11(6-8)29-16(13(10)17(27)28-3)23-12(26)7-25-9(2)14(19)15(24-25)18(20,21)22/h8H,4-7H2,1-3H3,(H,23,26). The summed E-state index contributed by atoms with van der Waals surface area (Å²) >= 11 is 4.20. The molecule has 0 aromatic carbocycles. The van der Waals surface area contributed by atoms with Crippen molar-refractivity contribution in [2.75, 3.05) is 12.4 Å². The molecule has 0 aliphatic heterocycles. The number of rotatable bonds is 4. The smallest absolute Gasteiger partial charge is 0.436 e. The third kappa shape index (κ3) is 4.35. The first-order valence-corrected chi connectivity index (χ1v) is 10.5. The third-order valence-corrected chi connectivity index (χ3v) is 6.97.